The summed E-state index contributed by atoms with van der Waals surface area (Å²) >= 11 is 1.85. The molecule has 7 nitrogen and oxygen atoms in total. The number of likely N-dealkylation sites (tertiary alicyclic amines) is 1. The fraction of sp³-hybridized carbons (Fsp3) is 0.522. The predicted molar refractivity (Wildman–Crippen MR) is 120 cm³/mol. The van der Waals surface area contributed by atoms with Crippen molar-refractivity contribution in [1.82, 2.24) is 24.8 Å². The maximum Gasteiger partial charge on any atom is 0.229 e. The lowest BCUT2D eigenvalue weighted by atomic mass is 9.96. The molecule has 7 rings (SSSR count). The Labute approximate surface area is 185 Å². The molecule has 3 aromatic heterocycles. The number of fused-ring (bicyclic) bond motifs is 3. The van der Waals surface area contributed by atoms with Gasteiger partial charge in [0.15, 0.2) is 5.65 Å². The van der Waals surface area contributed by atoms with Crippen molar-refractivity contribution in [3.8, 4) is 0 Å². The minimum absolute atomic E-state index is 0.0937. The van der Waals surface area contributed by atoms with Crippen LogP contribution in [0.2, 0.25) is 0 Å². The second kappa shape index (κ2) is 6.53. The highest BCUT2D eigenvalue weighted by Gasteiger charge is 2.62. The Balaban J connectivity index is 1.11. The van der Waals surface area contributed by atoms with Gasteiger partial charge in [-0.3, -0.25) is 4.79 Å². The van der Waals surface area contributed by atoms with Crippen LogP contribution in [-0.2, 0) is 23.1 Å². The van der Waals surface area contributed by atoms with E-state index in [9.17, 15) is 4.79 Å². The third-order valence-corrected chi connectivity index (χ3v) is 8.87. The van der Waals surface area contributed by atoms with Crippen LogP contribution < -0.4 is 10.2 Å². The molecule has 3 fully saturated rings. The average Bonchev–Trinajstić information content (AvgIpc) is 3.16. The first kappa shape index (κ1) is 18.2. The number of thiophene rings is 1. The fourth-order valence-electron chi connectivity index (χ4n) is 6.00. The maximum absolute atomic E-state index is 13.3. The lowest BCUT2D eigenvalue weighted by Crippen LogP contribution is -2.55. The van der Waals surface area contributed by atoms with Crippen molar-refractivity contribution >= 4 is 28.7 Å². The molecule has 1 amide bonds. The Morgan fingerprint density at radius 3 is 2.97 bits per heavy atom. The lowest BCUT2D eigenvalue weighted by Gasteiger charge is -2.42. The summed E-state index contributed by atoms with van der Waals surface area (Å²) in [6.45, 7) is 5.34. The molecule has 0 spiro atoms. The van der Waals surface area contributed by atoms with E-state index < -0.39 is 0 Å². The molecule has 2 atom stereocenters. The van der Waals surface area contributed by atoms with Crippen LogP contribution in [-0.4, -0.2) is 64.7 Å². The number of rotatable bonds is 3. The summed E-state index contributed by atoms with van der Waals surface area (Å²) in [4.78, 5) is 24.1. The maximum atomic E-state index is 13.3. The van der Waals surface area contributed by atoms with Gasteiger partial charge in [-0.15, -0.1) is 11.3 Å². The van der Waals surface area contributed by atoms with Crippen LogP contribution in [0.3, 0.4) is 0 Å². The minimum atomic E-state index is 0.0937. The monoisotopic (exact) mass is 434 g/mol. The Hall–Kier alpha value is -2.45. The smallest absolute Gasteiger partial charge is 0.229 e. The zero-order valence-electron chi connectivity index (χ0n) is 17.5. The van der Waals surface area contributed by atoms with Gasteiger partial charge >= 0.3 is 0 Å². The summed E-state index contributed by atoms with van der Waals surface area (Å²) < 4.78 is 1.97. The number of nitrogens with one attached hydrogen (secondary N) is 1. The minimum Gasteiger partial charge on any atom is -0.354 e. The molecule has 1 saturated carbocycles. The van der Waals surface area contributed by atoms with Crippen molar-refractivity contribution in [2.75, 3.05) is 44.2 Å². The van der Waals surface area contributed by atoms with Gasteiger partial charge in [0, 0.05) is 61.1 Å². The molecule has 6 heterocycles. The van der Waals surface area contributed by atoms with Crippen LogP contribution in [0.15, 0.2) is 29.8 Å². The molecule has 0 radical (unpaired) electrons. The molecule has 160 valence electrons. The number of anilines is 1. The molecule has 3 aromatic rings. The lowest BCUT2D eigenvalue weighted by molar-refractivity contribution is -0.135. The van der Waals surface area contributed by atoms with Crippen LogP contribution in [0.5, 0.6) is 0 Å². The van der Waals surface area contributed by atoms with E-state index in [2.05, 4.69) is 37.7 Å². The average molecular weight is 435 g/mol. The zero-order chi connectivity index (χ0) is 20.6. The number of amides is 1. The van der Waals surface area contributed by atoms with E-state index in [1.807, 2.05) is 28.1 Å². The number of nitrogens with zero attached hydrogens (tertiary/aromatic N) is 5. The van der Waals surface area contributed by atoms with Gasteiger partial charge < -0.3 is 15.1 Å². The van der Waals surface area contributed by atoms with Crippen LogP contribution in [0.1, 0.15) is 22.6 Å². The Bertz CT molecular complexity index is 1170. The fourth-order valence-corrected chi connectivity index (χ4v) is 7.01. The predicted octanol–water partition coefficient (Wildman–Crippen LogP) is 1.72. The molecule has 31 heavy (non-hydrogen) atoms. The highest BCUT2D eigenvalue weighted by atomic mass is 32.1. The summed E-state index contributed by atoms with van der Waals surface area (Å²) in [6.07, 6.45) is 4.98. The summed E-state index contributed by atoms with van der Waals surface area (Å²) in [6, 6.07) is 6.37. The van der Waals surface area contributed by atoms with Crippen molar-refractivity contribution in [2.45, 2.75) is 24.7 Å². The quantitative estimate of drug-likeness (QED) is 0.680. The molecule has 0 bridgehead atoms. The topological polar surface area (TPSA) is 65.8 Å². The van der Waals surface area contributed by atoms with Gasteiger partial charge in [0.25, 0.3) is 0 Å². The van der Waals surface area contributed by atoms with E-state index in [0.717, 1.165) is 63.6 Å². The Kier molecular flexibility index (Phi) is 3.82. The molecular formula is C23H26N6OS. The Morgan fingerprint density at radius 1 is 1.19 bits per heavy atom. The van der Waals surface area contributed by atoms with Crippen molar-refractivity contribution in [3.63, 3.8) is 0 Å². The number of hydrogen-bond acceptors (Lipinski definition) is 6. The number of carbonyl (C=O) groups excluding carboxylic acids is 1. The van der Waals surface area contributed by atoms with E-state index in [1.54, 1.807) is 0 Å². The number of carbonyl (C=O) groups is 1. The Morgan fingerprint density at radius 2 is 2.10 bits per heavy atom. The van der Waals surface area contributed by atoms with Gasteiger partial charge in [0.05, 0.1) is 17.8 Å². The van der Waals surface area contributed by atoms with Crippen molar-refractivity contribution in [2.24, 2.45) is 11.8 Å². The normalized spacial score (nSPS) is 27.7. The molecular weight excluding hydrogens is 408 g/mol. The van der Waals surface area contributed by atoms with Crippen LogP contribution >= 0.6 is 11.3 Å². The summed E-state index contributed by atoms with van der Waals surface area (Å²) in [5.74, 6) is 2.25. The van der Waals surface area contributed by atoms with Crippen molar-refractivity contribution < 1.29 is 4.79 Å². The highest BCUT2D eigenvalue weighted by molar-refractivity contribution is 7.10. The molecule has 2 unspecified atom stereocenters. The van der Waals surface area contributed by atoms with Gasteiger partial charge in [-0.1, -0.05) is 6.07 Å². The van der Waals surface area contributed by atoms with Gasteiger partial charge in [0.2, 0.25) is 5.91 Å². The van der Waals surface area contributed by atoms with Crippen LogP contribution in [0.25, 0.3) is 5.65 Å². The zero-order valence-corrected chi connectivity index (χ0v) is 18.3. The summed E-state index contributed by atoms with van der Waals surface area (Å²) in [5, 5.41) is 10.2. The largest absolute Gasteiger partial charge is 0.354 e. The summed E-state index contributed by atoms with van der Waals surface area (Å²) in [7, 11) is 0. The molecule has 1 aliphatic carbocycles. The number of piperidine rings is 1. The van der Waals surface area contributed by atoms with E-state index >= 15 is 0 Å². The van der Waals surface area contributed by atoms with E-state index in [-0.39, 0.29) is 11.3 Å². The van der Waals surface area contributed by atoms with Gasteiger partial charge in [-0.05, 0) is 36.8 Å². The van der Waals surface area contributed by atoms with Crippen molar-refractivity contribution in [1.29, 1.82) is 0 Å². The number of hydrogen-bond donors (Lipinski definition) is 1. The van der Waals surface area contributed by atoms with Crippen LogP contribution in [0.4, 0.5) is 5.82 Å². The molecule has 4 aliphatic rings. The van der Waals surface area contributed by atoms with Gasteiger partial charge in [-0.25, -0.2) is 4.98 Å². The van der Waals surface area contributed by atoms with Gasteiger partial charge in [-0.2, -0.15) is 9.61 Å². The van der Waals surface area contributed by atoms with E-state index in [0.29, 0.717) is 11.8 Å². The molecule has 1 N–H and O–H groups in total. The third-order valence-electron chi connectivity index (χ3n) is 7.78. The van der Waals surface area contributed by atoms with Crippen LogP contribution in [0, 0.1) is 11.8 Å². The summed E-state index contributed by atoms with van der Waals surface area (Å²) in [5.41, 5.74) is 3.65. The standard InChI is InChI=1S/C23H26N6OS/c30-22(28-13-16-10-23(16,14-28)19-2-1-9-31-19)15-11-27(12-15)21-17-3-6-24-7-4-18(17)26-20-5-8-25-29(20)21/h1-2,5,8-9,15-16,24H,3-4,6-7,10-14H2. The van der Waals surface area contributed by atoms with Gasteiger partial charge in [0.1, 0.15) is 5.82 Å². The van der Waals surface area contributed by atoms with Crippen molar-refractivity contribution in [3.05, 3.63) is 45.9 Å². The van der Waals surface area contributed by atoms with E-state index in [1.165, 1.54) is 22.6 Å². The SMILES string of the molecule is O=C(C1CN(c2c3c(nc4ccnn24)CCNCC3)C1)N1CC2CC2(c2cccs2)C1. The molecule has 3 aliphatic heterocycles. The molecule has 8 heteroatoms. The molecule has 0 aromatic carbocycles. The second-order valence-electron chi connectivity index (χ2n) is 9.57. The number of aromatic nitrogens is 3. The second-order valence-corrected chi connectivity index (χ2v) is 10.5. The first-order chi connectivity index (χ1) is 15.2. The first-order valence-electron chi connectivity index (χ1n) is 11.4. The first-order valence-corrected chi connectivity index (χ1v) is 12.2. The third kappa shape index (κ3) is 2.64. The highest BCUT2D eigenvalue weighted by Crippen LogP contribution is 2.60. The molecule has 2 saturated heterocycles. The van der Waals surface area contributed by atoms with E-state index in [4.69, 9.17) is 4.98 Å².